The van der Waals surface area contributed by atoms with E-state index >= 15 is 0 Å². The third-order valence-corrected chi connectivity index (χ3v) is 4.04. The van der Waals surface area contributed by atoms with Crippen LogP contribution in [0.15, 0.2) is 48.7 Å². The number of nitrogens with zero attached hydrogens (tertiary/aromatic N) is 1. The van der Waals surface area contributed by atoms with E-state index in [9.17, 15) is 22.8 Å². The Bertz CT molecular complexity index is 1120. The number of aromatic nitrogens is 1. The van der Waals surface area contributed by atoms with Crippen LogP contribution in [0.2, 0.25) is 0 Å². The fraction of sp³-hybridized carbons (Fsp3) is 0.190. The van der Waals surface area contributed by atoms with Crippen molar-refractivity contribution in [1.29, 1.82) is 0 Å². The van der Waals surface area contributed by atoms with Crippen LogP contribution in [0, 0.1) is 0 Å². The third kappa shape index (κ3) is 5.62. The average Bonchev–Trinajstić information content (AvgIpc) is 2.68. The van der Waals surface area contributed by atoms with Crippen molar-refractivity contribution in [2.24, 2.45) is 0 Å². The Morgan fingerprint density at radius 2 is 1.74 bits per heavy atom. The summed E-state index contributed by atoms with van der Waals surface area (Å²) in [7, 11) is 0. The molecular formula is C21H18F3N3O4. The van der Waals surface area contributed by atoms with Crippen molar-refractivity contribution in [1.82, 2.24) is 4.98 Å². The third-order valence-electron chi connectivity index (χ3n) is 4.04. The van der Waals surface area contributed by atoms with Gasteiger partial charge >= 0.3 is 12.3 Å². The van der Waals surface area contributed by atoms with Crippen molar-refractivity contribution >= 4 is 39.8 Å². The molecule has 0 fully saturated rings. The number of nitrogens with one attached hydrogen (secondary N) is 2. The van der Waals surface area contributed by atoms with Gasteiger partial charge in [-0.25, -0.2) is 4.79 Å². The Morgan fingerprint density at radius 1 is 1.06 bits per heavy atom. The normalized spacial score (nSPS) is 11.1. The zero-order valence-electron chi connectivity index (χ0n) is 16.5. The van der Waals surface area contributed by atoms with Crippen molar-refractivity contribution in [3.8, 4) is 5.75 Å². The van der Waals surface area contributed by atoms with Crippen molar-refractivity contribution in [2.75, 3.05) is 17.2 Å². The first-order chi connectivity index (χ1) is 14.7. The predicted molar refractivity (Wildman–Crippen MR) is 108 cm³/mol. The van der Waals surface area contributed by atoms with Crippen LogP contribution in [0.1, 0.15) is 24.2 Å². The summed E-state index contributed by atoms with van der Waals surface area (Å²) in [5.74, 6) is -1.37. The SMILES string of the molecule is CCOC(=O)c1cnc2ccc(OC(F)(F)F)cc2c1Nc1ccc(NC(C)=O)cc1. The second-order valence-corrected chi connectivity index (χ2v) is 6.38. The number of carbonyl (C=O) groups excluding carboxylic acids is 2. The molecule has 2 aromatic carbocycles. The number of anilines is 3. The summed E-state index contributed by atoms with van der Waals surface area (Å²) in [6.07, 6.45) is -3.58. The zero-order chi connectivity index (χ0) is 22.6. The first-order valence-electron chi connectivity index (χ1n) is 9.16. The number of benzene rings is 2. The topological polar surface area (TPSA) is 89.6 Å². The maximum Gasteiger partial charge on any atom is 0.573 e. The second kappa shape index (κ2) is 8.90. The first-order valence-corrected chi connectivity index (χ1v) is 9.16. The van der Waals surface area contributed by atoms with Crippen LogP contribution in [-0.4, -0.2) is 29.8 Å². The lowest BCUT2D eigenvalue weighted by Gasteiger charge is -2.16. The van der Waals surface area contributed by atoms with Gasteiger partial charge in [-0.05, 0) is 49.4 Å². The highest BCUT2D eigenvalue weighted by molar-refractivity contribution is 6.06. The molecule has 0 saturated carbocycles. The van der Waals surface area contributed by atoms with Gasteiger partial charge in [-0.15, -0.1) is 13.2 Å². The molecule has 3 rings (SSSR count). The first kappa shape index (κ1) is 21.9. The largest absolute Gasteiger partial charge is 0.573 e. The number of esters is 1. The Hall–Kier alpha value is -3.82. The van der Waals surface area contributed by atoms with E-state index in [0.29, 0.717) is 16.9 Å². The van der Waals surface area contributed by atoms with Crippen LogP contribution in [0.4, 0.5) is 30.2 Å². The molecule has 0 atom stereocenters. The van der Waals surface area contributed by atoms with Gasteiger partial charge in [0.15, 0.2) is 0 Å². The molecule has 7 nitrogen and oxygen atoms in total. The Balaban J connectivity index is 2.07. The molecule has 2 N–H and O–H groups in total. The van der Waals surface area contributed by atoms with Crippen LogP contribution >= 0.6 is 0 Å². The monoisotopic (exact) mass is 433 g/mol. The van der Waals surface area contributed by atoms with Crippen molar-refractivity contribution in [3.63, 3.8) is 0 Å². The number of hydrogen-bond acceptors (Lipinski definition) is 6. The molecule has 1 amide bonds. The maximum absolute atomic E-state index is 12.7. The molecule has 162 valence electrons. The van der Waals surface area contributed by atoms with E-state index in [2.05, 4.69) is 20.4 Å². The molecule has 3 aromatic rings. The molecule has 1 heterocycles. The highest BCUT2D eigenvalue weighted by Gasteiger charge is 2.31. The second-order valence-electron chi connectivity index (χ2n) is 6.38. The molecule has 10 heteroatoms. The number of carbonyl (C=O) groups is 2. The van der Waals surface area contributed by atoms with Gasteiger partial charge < -0.3 is 20.1 Å². The van der Waals surface area contributed by atoms with Crippen molar-refractivity contribution < 1.29 is 32.2 Å². The van der Waals surface area contributed by atoms with Gasteiger partial charge in [0, 0.05) is 29.9 Å². The van der Waals surface area contributed by atoms with Crippen molar-refractivity contribution in [2.45, 2.75) is 20.2 Å². The molecule has 0 radical (unpaired) electrons. The predicted octanol–water partition coefficient (Wildman–Crippen LogP) is 5.01. The Kier molecular flexibility index (Phi) is 6.28. The summed E-state index contributed by atoms with van der Waals surface area (Å²) in [5, 5.41) is 5.90. The summed E-state index contributed by atoms with van der Waals surface area (Å²) in [6.45, 7) is 3.12. The maximum atomic E-state index is 12.7. The molecule has 0 unspecified atom stereocenters. The summed E-state index contributed by atoms with van der Waals surface area (Å²) in [5.41, 5.74) is 1.69. The minimum absolute atomic E-state index is 0.0458. The lowest BCUT2D eigenvalue weighted by atomic mass is 10.1. The Morgan fingerprint density at radius 3 is 2.35 bits per heavy atom. The molecule has 0 bridgehead atoms. The van der Waals surface area contributed by atoms with Crippen LogP contribution < -0.4 is 15.4 Å². The highest BCUT2D eigenvalue weighted by Crippen LogP contribution is 2.34. The number of halogens is 3. The number of rotatable bonds is 6. The number of fused-ring (bicyclic) bond motifs is 1. The summed E-state index contributed by atoms with van der Waals surface area (Å²) in [4.78, 5) is 27.7. The van der Waals surface area contributed by atoms with Crippen LogP contribution in [0.5, 0.6) is 5.75 Å². The number of amides is 1. The minimum atomic E-state index is -4.87. The summed E-state index contributed by atoms with van der Waals surface area (Å²) >= 11 is 0. The van der Waals surface area contributed by atoms with Gasteiger partial charge in [-0.3, -0.25) is 9.78 Å². The van der Waals surface area contributed by atoms with Crippen molar-refractivity contribution in [3.05, 3.63) is 54.2 Å². The zero-order valence-corrected chi connectivity index (χ0v) is 16.5. The van der Waals surface area contributed by atoms with Gasteiger partial charge in [0.05, 0.1) is 17.8 Å². The van der Waals surface area contributed by atoms with Crippen LogP contribution in [0.25, 0.3) is 10.9 Å². The standard InChI is InChI=1S/C21H18F3N3O4/c1-3-30-20(29)17-11-25-18-9-8-15(31-21(22,23)24)10-16(18)19(17)27-14-6-4-13(5-7-14)26-12(2)28/h4-11H,3H2,1-2H3,(H,25,27)(H,26,28). The highest BCUT2D eigenvalue weighted by atomic mass is 19.4. The van der Waals surface area contributed by atoms with E-state index in [1.807, 2.05) is 0 Å². The van der Waals surface area contributed by atoms with Gasteiger partial charge in [-0.2, -0.15) is 0 Å². The number of ether oxygens (including phenoxy) is 2. The average molecular weight is 433 g/mol. The quantitative estimate of drug-likeness (QED) is 0.531. The van der Waals surface area contributed by atoms with Gasteiger partial charge in [0.2, 0.25) is 5.91 Å². The molecule has 0 aliphatic rings. The van der Waals surface area contributed by atoms with Gasteiger partial charge in [0.1, 0.15) is 11.3 Å². The van der Waals surface area contributed by atoms with Crippen LogP contribution in [-0.2, 0) is 9.53 Å². The summed E-state index contributed by atoms with van der Waals surface area (Å²) in [6, 6.07) is 10.2. The molecule has 0 aliphatic carbocycles. The fourth-order valence-electron chi connectivity index (χ4n) is 2.85. The summed E-state index contributed by atoms with van der Waals surface area (Å²) < 4.78 is 47.1. The van der Waals surface area contributed by atoms with E-state index < -0.39 is 18.1 Å². The van der Waals surface area contributed by atoms with E-state index in [0.717, 1.165) is 12.1 Å². The fourth-order valence-corrected chi connectivity index (χ4v) is 2.85. The molecular weight excluding hydrogens is 415 g/mol. The minimum Gasteiger partial charge on any atom is -0.462 e. The molecule has 0 saturated heterocycles. The molecule has 0 aliphatic heterocycles. The van der Waals surface area contributed by atoms with E-state index in [1.54, 1.807) is 31.2 Å². The molecule has 1 aromatic heterocycles. The van der Waals surface area contributed by atoms with Crippen LogP contribution in [0.3, 0.4) is 0 Å². The number of pyridine rings is 1. The van der Waals surface area contributed by atoms with E-state index in [-0.39, 0.29) is 29.2 Å². The van der Waals surface area contributed by atoms with Gasteiger partial charge in [0.25, 0.3) is 0 Å². The molecule has 31 heavy (non-hydrogen) atoms. The lowest BCUT2D eigenvalue weighted by molar-refractivity contribution is -0.274. The Labute approximate surface area is 175 Å². The smallest absolute Gasteiger partial charge is 0.462 e. The number of hydrogen-bond donors (Lipinski definition) is 2. The van der Waals surface area contributed by atoms with E-state index in [1.165, 1.54) is 19.2 Å². The van der Waals surface area contributed by atoms with Gasteiger partial charge in [-0.1, -0.05) is 0 Å². The molecule has 0 spiro atoms. The number of alkyl halides is 3. The lowest BCUT2D eigenvalue weighted by Crippen LogP contribution is -2.17. The van der Waals surface area contributed by atoms with E-state index in [4.69, 9.17) is 4.74 Å².